The summed E-state index contributed by atoms with van der Waals surface area (Å²) in [5, 5.41) is 0. The van der Waals surface area contributed by atoms with Crippen LogP contribution in [0.2, 0.25) is 0 Å². The lowest BCUT2D eigenvalue weighted by Gasteiger charge is -2.10. The zero-order valence-corrected chi connectivity index (χ0v) is 12.6. The van der Waals surface area contributed by atoms with Gasteiger partial charge in [-0.3, -0.25) is 0 Å². The van der Waals surface area contributed by atoms with Gasteiger partial charge in [0.1, 0.15) is 0 Å². The molecule has 0 aliphatic carbocycles. The fourth-order valence-corrected chi connectivity index (χ4v) is 2.70. The molecule has 0 aliphatic heterocycles. The number of sulfonamides is 1. The van der Waals surface area contributed by atoms with Gasteiger partial charge in [-0.1, -0.05) is 18.2 Å². The zero-order valence-electron chi connectivity index (χ0n) is 11.7. The second-order valence-electron chi connectivity index (χ2n) is 4.54. The molecular weight excluding hydrogens is 333 g/mol. The van der Waals surface area contributed by atoms with Gasteiger partial charge in [-0.05, 0) is 23.8 Å². The minimum absolute atomic E-state index is 0.0951. The second-order valence-corrected chi connectivity index (χ2v) is 6.31. The predicted octanol–water partition coefficient (Wildman–Crippen LogP) is 2.50. The van der Waals surface area contributed by atoms with Crippen molar-refractivity contribution in [3.8, 4) is 5.88 Å². The molecule has 0 fully saturated rings. The number of nitrogens with one attached hydrogen (secondary N) is 1. The van der Waals surface area contributed by atoms with E-state index in [0.717, 1.165) is 0 Å². The van der Waals surface area contributed by atoms with Crippen LogP contribution in [0.15, 0.2) is 53.6 Å². The average Bonchev–Trinajstić information content (AvgIpc) is 2.52. The fourth-order valence-electron chi connectivity index (χ4n) is 1.66. The van der Waals surface area contributed by atoms with Crippen LogP contribution in [0.5, 0.6) is 5.88 Å². The number of rotatable bonds is 6. The van der Waals surface area contributed by atoms with Gasteiger partial charge in [-0.15, -0.1) is 0 Å². The number of ether oxygens (including phenoxy) is 1. The summed E-state index contributed by atoms with van der Waals surface area (Å²) in [7, 11) is -3.70. The number of alkyl halides is 3. The summed E-state index contributed by atoms with van der Waals surface area (Å²) in [6.07, 6.45) is -3.22. The summed E-state index contributed by atoms with van der Waals surface area (Å²) in [6.45, 7) is -1.55. The molecule has 0 amide bonds. The Balaban J connectivity index is 2.01. The molecule has 5 nitrogen and oxygen atoms in total. The molecule has 1 aromatic carbocycles. The minimum atomic E-state index is -4.47. The van der Waals surface area contributed by atoms with E-state index in [1.54, 1.807) is 18.2 Å². The molecule has 0 aliphatic rings. The van der Waals surface area contributed by atoms with Crippen molar-refractivity contribution in [2.75, 3.05) is 6.61 Å². The molecule has 1 N–H and O–H groups in total. The lowest BCUT2D eigenvalue weighted by Crippen LogP contribution is -2.23. The summed E-state index contributed by atoms with van der Waals surface area (Å²) in [5.74, 6) is -0.223. The third-order valence-corrected chi connectivity index (χ3v) is 4.12. The number of benzene rings is 1. The average molecular weight is 346 g/mol. The standard InChI is InChI=1S/C14H13F3N2O3S/c15-14(16,17)10-22-13-8-11(6-7-18-13)9-19-23(20,21)12-4-2-1-3-5-12/h1-8,19H,9-10H2. The Kier molecular flexibility index (Phi) is 5.22. The highest BCUT2D eigenvalue weighted by Crippen LogP contribution is 2.17. The highest BCUT2D eigenvalue weighted by atomic mass is 32.2. The molecule has 0 saturated carbocycles. The Morgan fingerprint density at radius 1 is 1.13 bits per heavy atom. The first-order valence-corrected chi connectivity index (χ1v) is 7.94. The van der Waals surface area contributed by atoms with Gasteiger partial charge in [0, 0.05) is 18.8 Å². The van der Waals surface area contributed by atoms with Crippen LogP contribution < -0.4 is 9.46 Å². The van der Waals surface area contributed by atoms with Crippen molar-refractivity contribution in [1.29, 1.82) is 0 Å². The molecule has 2 rings (SSSR count). The molecule has 2 aromatic rings. The van der Waals surface area contributed by atoms with E-state index >= 15 is 0 Å². The molecule has 124 valence electrons. The number of pyridine rings is 1. The first-order valence-electron chi connectivity index (χ1n) is 6.45. The van der Waals surface area contributed by atoms with Crippen LogP contribution in [0.1, 0.15) is 5.56 Å². The Bertz CT molecular complexity index is 749. The summed E-state index contributed by atoms with van der Waals surface area (Å²) in [4.78, 5) is 3.75. The smallest absolute Gasteiger partial charge is 0.422 e. The number of nitrogens with zero attached hydrogens (tertiary/aromatic N) is 1. The summed E-state index contributed by atoms with van der Waals surface area (Å²) in [6, 6.07) is 10.5. The van der Waals surface area contributed by atoms with Gasteiger partial charge in [0.2, 0.25) is 15.9 Å². The van der Waals surface area contributed by atoms with Gasteiger partial charge in [-0.2, -0.15) is 13.2 Å². The summed E-state index contributed by atoms with van der Waals surface area (Å²) >= 11 is 0. The zero-order chi connectivity index (χ0) is 16.9. The van der Waals surface area contributed by atoms with Gasteiger partial charge in [0.15, 0.2) is 6.61 Å². The molecule has 0 atom stereocenters. The Morgan fingerprint density at radius 3 is 2.48 bits per heavy atom. The van der Waals surface area contributed by atoms with Crippen molar-refractivity contribution in [2.24, 2.45) is 0 Å². The minimum Gasteiger partial charge on any atom is -0.468 e. The molecule has 0 saturated heterocycles. The summed E-state index contributed by atoms with van der Waals surface area (Å²) in [5.41, 5.74) is 0.427. The van der Waals surface area contributed by atoms with E-state index in [2.05, 4.69) is 14.4 Å². The van der Waals surface area contributed by atoms with Crippen LogP contribution in [0.4, 0.5) is 13.2 Å². The van der Waals surface area contributed by atoms with Crippen LogP contribution >= 0.6 is 0 Å². The van der Waals surface area contributed by atoms with Crippen LogP contribution in [-0.4, -0.2) is 26.2 Å². The molecule has 1 heterocycles. The van der Waals surface area contributed by atoms with Crippen LogP contribution in [0, 0.1) is 0 Å². The van der Waals surface area contributed by atoms with E-state index in [4.69, 9.17) is 0 Å². The molecule has 0 radical (unpaired) electrons. The van der Waals surface area contributed by atoms with Crippen molar-refractivity contribution in [2.45, 2.75) is 17.6 Å². The van der Waals surface area contributed by atoms with Crippen LogP contribution in [0.25, 0.3) is 0 Å². The molecule has 1 aromatic heterocycles. The topological polar surface area (TPSA) is 68.3 Å². The maximum atomic E-state index is 12.1. The molecule has 0 bridgehead atoms. The fraction of sp³-hybridized carbons (Fsp3) is 0.214. The molecule has 9 heteroatoms. The first kappa shape index (κ1) is 17.2. The quantitative estimate of drug-likeness (QED) is 0.873. The Labute approximate surface area is 131 Å². The van der Waals surface area contributed by atoms with E-state index in [1.807, 2.05) is 0 Å². The first-order chi connectivity index (χ1) is 10.8. The third-order valence-electron chi connectivity index (χ3n) is 2.70. The van der Waals surface area contributed by atoms with Gasteiger partial charge in [0.25, 0.3) is 0 Å². The van der Waals surface area contributed by atoms with Gasteiger partial charge >= 0.3 is 6.18 Å². The van der Waals surface area contributed by atoms with E-state index in [9.17, 15) is 21.6 Å². The van der Waals surface area contributed by atoms with E-state index in [1.165, 1.54) is 30.5 Å². The molecule has 0 unspecified atom stereocenters. The molecular formula is C14H13F3N2O3S. The number of aromatic nitrogens is 1. The van der Waals surface area contributed by atoms with Crippen LogP contribution in [-0.2, 0) is 16.6 Å². The van der Waals surface area contributed by atoms with Crippen molar-refractivity contribution in [3.05, 3.63) is 54.2 Å². The van der Waals surface area contributed by atoms with Gasteiger partial charge in [-0.25, -0.2) is 18.1 Å². The Hall–Kier alpha value is -2.13. The largest absolute Gasteiger partial charge is 0.468 e. The SMILES string of the molecule is O=S(=O)(NCc1ccnc(OCC(F)(F)F)c1)c1ccccc1. The number of halogens is 3. The predicted molar refractivity (Wildman–Crippen MR) is 76.3 cm³/mol. The Morgan fingerprint density at radius 2 is 1.83 bits per heavy atom. The van der Waals surface area contributed by atoms with E-state index in [0.29, 0.717) is 5.56 Å². The van der Waals surface area contributed by atoms with Gasteiger partial charge < -0.3 is 4.74 Å². The van der Waals surface area contributed by atoms with E-state index < -0.39 is 22.8 Å². The third kappa shape index (κ3) is 5.53. The van der Waals surface area contributed by atoms with Crippen LogP contribution in [0.3, 0.4) is 0 Å². The number of hydrogen-bond donors (Lipinski definition) is 1. The monoisotopic (exact) mass is 346 g/mol. The normalized spacial score (nSPS) is 12.1. The molecule has 0 spiro atoms. The maximum absolute atomic E-state index is 12.1. The van der Waals surface area contributed by atoms with Crippen molar-refractivity contribution in [3.63, 3.8) is 0 Å². The summed E-state index contributed by atoms with van der Waals surface area (Å²) < 4.78 is 67.2. The van der Waals surface area contributed by atoms with Crippen molar-refractivity contribution >= 4 is 10.0 Å². The van der Waals surface area contributed by atoms with E-state index in [-0.39, 0.29) is 17.3 Å². The highest BCUT2D eigenvalue weighted by molar-refractivity contribution is 7.89. The molecule has 23 heavy (non-hydrogen) atoms. The number of hydrogen-bond acceptors (Lipinski definition) is 4. The lowest BCUT2D eigenvalue weighted by atomic mass is 10.3. The maximum Gasteiger partial charge on any atom is 0.422 e. The highest BCUT2D eigenvalue weighted by Gasteiger charge is 2.28. The lowest BCUT2D eigenvalue weighted by molar-refractivity contribution is -0.154. The van der Waals surface area contributed by atoms with Crippen molar-refractivity contribution < 1.29 is 26.3 Å². The second kappa shape index (κ2) is 6.97. The van der Waals surface area contributed by atoms with Crippen molar-refractivity contribution in [1.82, 2.24) is 9.71 Å². The van der Waals surface area contributed by atoms with Gasteiger partial charge in [0.05, 0.1) is 4.90 Å².